The molecule has 2 rings (SSSR count). The van der Waals surface area contributed by atoms with Crippen molar-refractivity contribution in [2.75, 3.05) is 18.5 Å². The summed E-state index contributed by atoms with van der Waals surface area (Å²) in [5, 5.41) is 11.2. The van der Waals surface area contributed by atoms with Gasteiger partial charge in [0.15, 0.2) is 12.7 Å². The van der Waals surface area contributed by atoms with Crippen LogP contribution in [0.4, 0.5) is 5.69 Å². The number of hydrogen-bond acceptors (Lipinski definition) is 6. The number of esters is 1. The lowest BCUT2D eigenvalue weighted by atomic mass is 10.2. The minimum absolute atomic E-state index is 0.0312. The van der Waals surface area contributed by atoms with E-state index in [1.807, 2.05) is 13.0 Å². The maximum atomic E-state index is 12.3. The van der Waals surface area contributed by atoms with E-state index in [0.29, 0.717) is 23.8 Å². The van der Waals surface area contributed by atoms with E-state index < -0.39 is 18.0 Å². The number of ether oxygens (including phenoxy) is 3. The molecule has 0 saturated heterocycles. The standard InChI is InChI=1S/C22H22N2O5/c1-3-27-20-7-5-4-6-19(20)24-22(26)16(2)29-21(25)13-10-17-8-11-18(12-9-17)28-15-14-23/h4-13,16H,3,15H2,1-2H3,(H,24,26)/b13-10+. The van der Waals surface area contributed by atoms with Crippen molar-refractivity contribution < 1.29 is 23.8 Å². The molecular formula is C22H22N2O5. The second-order valence-corrected chi connectivity index (χ2v) is 5.85. The molecule has 0 aliphatic rings. The van der Waals surface area contributed by atoms with Crippen molar-refractivity contribution in [1.29, 1.82) is 5.26 Å². The highest BCUT2D eigenvalue weighted by atomic mass is 16.5. The molecule has 1 amide bonds. The predicted octanol–water partition coefficient (Wildman–Crippen LogP) is 3.57. The van der Waals surface area contributed by atoms with Gasteiger partial charge < -0.3 is 19.5 Å². The van der Waals surface area contributed by atoms with Crippen molar-refractivity contribution in [2.45, 2.75) is 20.0 Å². The van der Waals surface area contributed by atoms with Gasteiger partial charge in [-0.25, -0.2) is 4.79 Å². The van der Waals surface area contributed by atoms with E-state index in [-0.39, 0.29) is 6.61 Å². The Hall–Kier alpha value is -3.79. The Balaban J connectivity index is 1.89. The number of benzene rings is 2. The first-order valence-corrected chi connectivity index (χ1v) is 9.04. The first kappa shape index (κ1) is 21.5. The normalized spacial score (nSPS) is 11.3. The third kappa shape index (κ3) is 7.03. The smallest absolute Gasteiger partial charge is 0.331 e. The van der Waals surface area contributed by atoms with Crippen molar-refractivity contribution in [3.05, 3.63) is 60.2 Å². The summed E-state index contributed by atoms with van der Waals surface area (Å²) >= 11 is 0. The SMILES string of the molecule is CCOc1ccccc1NC(=O)C(C)OC(=O)/C=C/c1ccc(OCC#N)cc1. The minimum Gasteiger partial charge on any atom is -0.492 e. The van der Waals surface area contributed by atoms with Crippen LogP contribution in [0.3, 0.4) is 0 Å². The van der Waals surface area contributed by atoms with Crippen LogP contribution in [-0.4, -0.2) is 31.2 Å². The van der Waals surface area contributed by atoms with E-state index in [4.69, 9.17) is 19.5 Å². The van der Waals surface area contributed by atoms with Gasteiger partial charge in [-0.05, 0) is 49.8 Å². The molecule has 7 nitrogen and oxygen atoms in total. The molecule has 0 spiro atoms. The van der Waals surface area contributed by atoms with E-state index in [2.05, 4.69) is 5.32 Å². The highest BCUT2D eigenvalue weighted by molar-refractivity contribution is 5.97. The second kappa shape index (κ2) is 11.1. The van der Waals surface area contributed by atoms with Crippen LogP contribution in [0.15, 0.2) is 54.6 Å². The molecule has 7 heteroatoms. The Labute approximate surface area is 169 Å². The minimum atomic E-state index is -0.983. The van der Waals surface area contributed by atoms with Gasteiger partial charge in [0.2, 0.25) is 0 Å². The molecule has 2 aromatic rings. The van der Waals surface area contributed by atoms with E-state index in [1.165, 1.54) is 13.0 Å². The molecule has 29 heavy (non-hydrogen) atoms. The second-order valence-electron chi connectivity index (χ2n) is 5.85. The topological polar surface area (TPSA) is 97.7 Å². The maximum absolute atomic E-state index is 12.3. The monoisotopic (exact) mass is 394 g/mol. The largest absolute Gasteiger partial charge is 0.492 e. The molecule has 0 heterocycles. The lowest BCUT2D eigenvalue weighted by Crippen LogP contribution is -2.29. The molecule has 0 saturated carbocycles. The number of nitrogens with zero attached hydrogens (tertiary/aromatic N) is 1. The summed E-state index contributed by atoms with van der Waals surface area (Å²) in [6, 6.07) is 15.8. The molecule has 0 fully saturated rings. The van der Waals surface area contributed by atoms with Gasteiger partial charge in [-0.15, -0.1) is 0 Å². The zero-order chi connectivity index (χ0) is 21.1. The molecular weight excluding hydrogens is 372 g/mol. The average Bonchev–Trinajstić information content (AvgIpc) is 2.73. The third-order valence-corrected chi connectivity index (χ3v) is 3.70. The number of anilines is 1. The molecule has 1 N–H and O–H groups in total. The van der Waals surface area contributed by atoms with Crippen molar-refractivity contribution in [2.24, 2.45) is 0 Å². The van der Waals surface area contributed by atoms with Crippen LogP contribution in [0.1, 0.15) is 19.4 Å². The molecule has 1 atom stereocenters. The Morgan fingerprint density at radius 1 is 1.14 bits per heavy atom. The zero-order valence-corrected chi connectivity index (χ0v) is 16.3. The molecule has 0 aliphatic heterocycles. The summed E-state index contributed by atoms with van der Waals surface area (Å²) in [6.07, 6.45) is 1.82. The van der Waals surface area contributed by atoms with Gasteiger partial charge in [0.1, 0.15) is 17.6 Å². The Morgan fingerprint density at radius 3 is 2.55 bits per heavy atom. The first-order chi connectivity index (χ1) is 14.0. The number of para-hydroxylation sites is 2. The summed E-state index contributed by atoms with van der Waals surface area (Å²) in [7, 11) is 0. The van der Waals surface area contributed by atoms with Crippen LogP contribution >= 0.6 is 0 Å². The fourth-order valence-corrected chi connectivity index (χ4v) is 2.31. The van der Waals surface area contributed by atoms with Gasteiger partial charge >= 0.3 is 5.97 Å². The number of nitriles is 1. The number of carbonyl (C=O) groups is 2. The maximum Gasteiger partial charge on any atom is 0.331 e. The number of rotatable bonds is 9. The van der Waals surface area contributed by atoms with Crippen molar-refractivity contribution >= 4 is 23.6 Å². The lowest BCUT2D eigenvalue weighted by Gasteiger charge is -2.15. The summed E-state index contributed by atoms with van der Waals surface area (Å²) in [5.41, 5.74) is 1.26. The van der Waals surface area contributed by atoms with E-state index in [0.717, 1.165) is 5.56 Å². The van der Waals surface area contributed by atoms with Gasteiger partial charge in [0, 0.05) is 6.08 Å². The molecule has 1 unspecified atom stereocenters. The summed E-state index contributed by atoms with van der Waals surface area (Å²) in [5.74, 6) is 0.00122. The third-order valence-electron chi connectivity index (χ3n) is 3.70. The lowest BCUT2D eigenvalue weighted by molar-refractivity contribution is -0.148. The Kier molecular flexibility index (Phi) is 8.27. The van der Waals surface area contributed by atoms with Gasteiger partial charge in [-0.1, -0.05) is 24.3 Å². The first-order valence-electron chi connectivity index (χ1n) is 9.04. The molecule has 2 aromatic carbocycles. The van der Waals surface area contributed by atoms with Crippen molar-refractivity contribution in [1.82, 2.24) is 0 Å². The fourth-order valence-electron chi connectivity index (χ4n) is 2.31. The van der Waals surface area contributed by atoms with E-state index in [1.54, 1.807) is 54.6 Å². The van der Waals surface area contributed by atoms with Crippen LogP contribution in [0.5, 0.6) is 11.5 Å². The van der Waals surface area contributed by atoms with E-state index >= 15 is 0 Å². The molecule has 0 aliphatic carbocycles. The van der Waals surface area contributed by atoms with Crippen molar-refractivity contribution in [3.63, 3.8) is 0 Å². The Morgan fingerprint density at radius 2 is 1.86 bits per heavy atom. The quantitative estimate of drug-likeness (QED) is 0.516. The van der Waals surface area contributed by atoms with E-state index in [9.17, 15) is 9.59 Å². The number of hydrogen-bond donors (Lipinski definition) is 1. The van der Waals surface area contributed by atoms with Crippen LogP contribution in [-0.2, 0) is 14.3 Å². The van der Waals surface area contributed by atoms with Gasteiger partial charge in [-0.3, -0.25) is 4.79 Å². The summed E-state index contributed by atoms with van der Waals surface area (Å²) < 4.78 is 15.8. The van der Waals surface area contributed by atoms with Crippen LogP contribution in [0.2, 0.25) is 0 Å². The number of nitrogens with one attached hydrogen (secondary N) is 1. The summed E-state index contributed by atoms with van der Waals surface area (Å²) in [6.45, 7) is 3.78. The molecule has 0 radical (unpaired) electrons. The predicted molar refractivity (Wildman–Crippen MR) is 108 cm³/mol. The molecule has 0 aromatic heterocycles. The van der Waals surface area contributed by atoms with Gasteiger partial charge in [0.05, 0.1) is 12.3 Å². The summed E-state index contributed by atoms with van der Waals surface area (Å²) in [4.78, 5) is 24.3. The molecule has 150 valence electrons. The zero-order valence-electron chi connectivity index (χ0n) is 16.3. The highest BCUT2D eigenvalue weighted by Crippen LogP contribution is 2.24. The van der Waals surface area contributed by atoms with Crippen LogP contribution in [0.25, 0.3) is 6.08 Å². The number of amides is 1. The average molecular weight is 394 g/mol. The van der Waals surface area contributed by atoms with Crippen LogP contribution < -0.4 is 14.8 Å². The highest BCUT2D eigenvalue weighted by Gasteiger charge is 2.18. The molecule has 0 bridgehead atoms. The fraction of sp³-hybridized carbons (Fsp3) is 0.227. The van der Waals surface area contributed by atoms with Gasteiger partial charge in [-0.2, -0.15) is 5.26 Å². The van der Waals surface area contributed by atoms with Crippen LogP contribution in [0, 0.1) is 11.3 Å². The van der Waals surface area contributed by atoms with Crippen molar-refractivity contribution in [3.8, 4) is 17.6 Å². The van der Waals surface area contributed by atoms with Gasteiger partial charge in [0.25, 0.3) is 5.91 Å². The number of carbonyl (C=O) groups excluding carboxylic acids is 2. The Bertz CT molecular complexity index is 900.